The Labute approximate surface area is 80.7 Å². The summed E-state index contributed by atoms with van der Waals surface area (Å²) in [5.74, 6) is 0.296. The minimum atomic E-state index is 0.275. The summed E-state index contributed by atoms with van der Waals surface area (Å²) < 4.78 is 0. The molecule has 0 spiro atoms. The summed E-state index contributed by atoms with van der Waals surface area (Å²) in [5.41, 5.74) is 0. The van der Waals surface area contributed by atoms with E-state index in [1.54, 1.807) is 0 Å². The number of carbonyl (C=O) groups excluding carboxylic acids is 1. The van der Waals surface area contributed by atoms with E-state index in [9.17, 15) is 4.79 Å². The molecule has 0 aliphatic carbocycles. The third kappa shape index (κ3) is 7.94. The van der Waals surface area contributed by atoms with Gasteiger partial charge in [-0.15, -0.1) is 0 Å². The second-order valence-electron chi connectivity index (χ2n) is 3.41. The van der Waals surface area contributed by atoms with Crippen molar-refractivity contribution in [3.8, 4) is 0 Å². The number of likely N-dealkylation sites (N-methyl/N-ethyl adjacent to an activating group) is 1. The first-order valence-corrected chi connectivity index (χ1v) is 5.01. The van der Waals surface area contributed by atoms with Crippen LogP contribution < -0.4 is 0 Å². The van der Waals surface area contributed by atoms with E-state index in [1.807, 2.05) is 18.9 Å². The van der Waals surface area contributed by atoms with Gasteiger partial charge in [-0.05, 0) is 32.9 Å². The van der Waals surface area contributed by atoms with Crippen LogP contribution in [0.2, 0.25) is 0 Å². The monoisotopic (exact) mass is 187 g/mol. The second-order valence-corrected chi connectivity index (χ2v) is 3.41. The lowest BCUT2D eigenvalue weighted by Crippen LogP contribution is -2.26. The Balaban J connectivity index is 3.29. The normalized spacial score (nSPS) is 10.8. The number of rotatable bonds is 8. The molecule has 3 heteroatoms. The smallest absolute Gasteiger partial charge is 0.146 e. The van der Waals surface area contributed by atoms with Crippen molar-refractivity contribution in [3.05, 3.63) is 0 Å². The minimum absolute atomic E-state index is 0.275. The lowest BCUT2D eigenvalue weighted by Gasteiger charge is -2.14. The van der Waals surface area contributed by atoms with Gasteiger partial charge >= 0.3 is 0 Å². The van der Waals surface area contributed by atoms with Crippen molar-refractivity contribution in [3.63, 3.8) is 0 Å². The highest BCUT2D eigenvalue weighted by molar-refractivity contribution is 5.80. The van der Waals surface area contributed by atoms with E-state index >= 15 is 0 Å². The van der Waals surface area contributed by atoms with Gasteiger partial charge in [-0.2, -0.15) is 0 Å². The average molecular weight is 187 g/mol. The van der Waals surface area contributed by atoms with Crippen LogP contribution in [0.1, 0.15) is 32.6 Å². The van der Waals surface area contributed by atoms with E-state index in [0.29, 0.717) is 18.7 Å². The zero-order chi connectivity index (χ0) is 10.1. The molecule has 0 aromatic rings. The first-order valence-electron chi connectivity index (χ1n) is 5.01. The summed E-state index contributed by atoms with van der Waals surface area (Å²) >= 11 is 0. The van der Waals surface area contributed by atoms with Gasteiger partial charge in [-0.3, -0.25) is 9.69 Å². The van der Waals surface area contributed by atoms with Crippen molar-refractivity contribution >= 4 is 5.78 Å². The SMILES string of the molecule is CCC(=O)CN(C)CCCCCO. The van der Waals surface area contributed by atoms with Gasteiger partial charge in [-0.25, -0.2) is 0 Å². The van der Waals surface area contributed by atoms with E-state index in [1.165, 1.54) is 0 Å². The average Bonchev–Trinajstić information content (AvgIpc) is 2.12. The molecule has 0 unspecified atom stereocenters. The molecule has 0 amide bonds. The number of nitrogens with zero attached hydrogens (tertiary/aromatic N) is 1. The standard InChI is InChI=1S/C10H21NO2/c1-3-10(13)9-11(2)7-5-4-6-8-12/h12H,3-9H2,1-2H3. The first-order chi connectivity index (χ1) is 6.20. The lowest BCUT2D eigenvalue weighted by molar-refractivity contribution is -0.119. The molecule has 0 saturated carbocycles. The van der Waals surface area contributed by atoms with Crippen LogP contribution in [0.15, 0.2) is 0 Å². The summed E-state index contributed by atoms with van der Waals surface area (Å²) in [5, 5.41) is 8.55. The van der Waals surface area contributed by atoms with E-state index in [0.717, 1.165) is 25.8 Å². The molecule has 0 heterocycles. The molecule has 0 aliphatic heterocycles. The fourth-order valence-corrected chi connectivity index (χ4v) is 1.16. The van der Waals surface area contributed by atoms with Crippen LogP contribution in [-0.2, 0) is 4.79 Å². The van der Waals surface area contributed by atoms with E-state index in [4.69, 9.17) is 5.11 Å². The van der Waals surface area contributed by atoms with E-state index in [-0.39, 0.29) is 6.61 Å². The molecule has 0 aromatic carbocycles. The molecule has 0 fully saturated rings. The van der Waals surface area contributed by atoms with Gasteiger partial charge in [0, 0.05) is 13.0 Å². The molecule has 1 N–H and O–H groups in total. The van der Waals surface area contributed by atoms with Crippen LogP contribution in [0.5, 0.6) is 0 Å². The number of aliphatic hydroxyl groups is 1. The number of Topliss-reactive ketones (excluding diaryl/α,β-unsaturated/α-hetero) is 1. The maximum Gasteiger partial charge on any atom is 0.146 e. The predicted octanol–water partition coefficient (Wildman–Crippen LogP) is 1.06. The molecule has 0 bridgehead atoms. The summed E-state index contributed by atoms with van der Waals surface area (Å²) in [4.78, 5) is 13.1. The highest BCUT2D eigenvalue weighted by Gasteiger charge is 2.03. The minimum Gasteiger partial charge on any atom is -0.396 e. The van der Waals surface area contributed by atoms with E-state index in [2.05, 4.69) is 0 Å². The van der Waals surface area contributed by atoms with Crippen LogP contribution in [0.4, 0.5) is 0 Å². The van der Waals surface area contributed by atoms with Gasteiger partial charge in [0.15, 0.2) is 0 Å². The van der Waals surface area contributed by atoms with E-state index < -0.39 is 0 Å². The molecule has 0 aliphatic rings. The van der Waals surface area contributed by atoms with Crippen LogP contribution in [0, 0.1) is 0 Å². The summed E-state index contributed by atoms with van der Waals surface area (Å²) in [7, 11) is 1.96. The highest BCUT2D eigenvalue weighted by Crippen LogP contribution is 1.97. The maximum absolute atomic E-state index is 11.0. The van der Waals surface area contributed by atoms with Crippen molar-refractivity contribution in [1.29, 1.82) is 0 Å². The van der Waals surface area contributed by atoms with Crippen molar-refractivity contribution in [2.24, 2.45) is 0 Å². The fraction of sp³-hybridized carbons (Fsp3) is 0.900. The number of hydrogen-bond acceptors (Lipinski definition) is 3. The zero-order valence-corrected chi connectivity index (χ0v) is 8.75. The molecule has 0 rings (SSSR count). The Morgan fingerprint density at radius 2 is 2.00 bits per heavy atom. The summed E-state index contributed by atoms with van der Waals surface area (Å²) in [6, 6.07) is 0. The molecule has 3 nitrogen and oxygen atoms in total. The number of ketones is 1. The van der Waals surface area contributed by atoms with Crippen LogP contribution >= 0.6 is 0 Å². The Morgan fingerprint density at radius 1 is 1.31 bits per heavy atom. The number of unbranched alkanes of at least 4 members (excludes halogenated alkanes) is 2. The van der Waals surface area contributed by atoms with Gasteiger partial charge in [0.2, 0.25) is 0 Å². The van der Waals surface area contributed by atoms with Crippen molar-refractivity contribution in [2.45, 2.75) is 32.6 Å². The van der Waals surface area contributed by atoms with Crippen LogP contribution in [0.25, 0.3) is 0 Å². The highest BCUT2D eigenvalue weighted by atomic mass is 16.2. The third-order valence-electron chi connectivity index (χ3n) is 2.04. The second kappa shape index (κ2) is 8.20. The van der Waals surface area contributed by atoms with Gasteiger partial charge in [0.05, 0.1) is 6.54 Å². The van der Waals surface area contributed by atoms with Crippen molar-refractivity contribution < 1.29 is 9.90 Å². The third-order valence-corrected chi connectivity index (χ3v) is 2.04. The Morgan fingerprint density at radius 3 is 2.54 bits per heavy atom. The molecule has 78 valence electrons. The summed E-state index contributed by atoms with van der Waals surface area (Å²) in [6.45, 7) is 3.68. The molecule has 0 saturated heterocycles. The van der Waals surface area contributed by atoms with Crippen molar-refractivity contribution in [1.82, 2.24) is 4.90 Å². The fourth-order valence-electron chi connectivity index (χ4n) is 1.16. The zero-order valence-electron chi connectivity index (χ0n) is 8.75. The Hall–Kier alpha value is -0.410. The molecule has 0 radical (unpaired) electrons. The predicted molar refractivity (Wildman–Crippen MR) is 53.7 cm³/mol. The van der Waals surface area contributed by atoms with Crippen molar-refractivity contribution in [2.75, 3.05) is 26.7 Å². The molecular weight excluding hydrogens is 166 g/mol. The van der Waals surface area contributed by atoms with Gasteiger partial charge in [0.1, 0.15) is 5.78 Å². The van der Waals surface area contributed by atoms with Crippen LogP contribution in [-0.4, -0.2) is 42.5 Å². The van der Waals surface area contributed by atoms with Crippen LogP contribution in [0.3, 0.4) is 0 Å². The largest absolute Gasteiger partial charge is 0.396 e. The number of hydrogen-bond donors (Lipinski definition) is 1. The molecule has 13 heavy (non-hydrogen) atoms. The topological polar surface area (TPSA) is 40.5 Å². The first kappa shape index (κ1) is 12.6. The lowest BCUT2D eigenvalue weighted by atomic mass is 10.2. The quantitative estimate of drug-likeness (QED) is 0.578. The Bertz CT molecular complexity index is 137. The number of carbonyl (C=O) groups is 1. The van der Waals surface area contributed by atoms with Gasteiger partial charge < -0.3 is 5.11 Å². The van der Waals surface area contributed by atoms with Gasteiger partial charge in [0.25, 0.3) is 0 Å². The maximum atomic E-state index is 11.0. The molecule has 0 aromatic heterocycles. The number of aliphatic hydroxyl groups excluding tert-OH is 1. The van der Waals surface area contributed by atoms with Gasteiger partial charge in [-0.1, -0.05) is 6.92 Å². The Kier molecular flexibility index (Phi) is 7.94. The molecular formula is C10H21NO2. The summed E-state index contributed by atoms with van der Waals surface area (Å²) in [6.07, 6.45) is 3.60. The molecule has 0 atom stereocenters.